The second-order valence-electron chi connectivity index (χ2n) is 5.57. The third-order valence-corrected chi connectivity index (χ3v) is 5.16. The van der Waals surface area contributed by atoms with Crippen LogP contribution in [0.3, 0.4) is 0 Å². The fourth-order valence-electron chi connectivity index (χ4n) is 2.61. The molecule has 24 heavy (non-hydrogen) atoms. The fraction of sp³-hybridized carbons (Fsp3) is 0.278. The summed E-state index contributed by atoms with van der Waals surface area (Å²) < 4.78 is 6.84. The highest BCUT2D eigenvalue weighted by Crippen LogP contribution is 2.26. The second kappa shape index (κ2) is 6.54. The molecule has 0 N–H and O–H groups in total. The summed E-state index contributed by atoms with van der Waals surface area (Å²) in [6, 6.07) is 9.61. The van der Waals surface area contributed by atoms with E-state index in [-0.39, 0.29) is 5.76 Å². The van der Waals surface area contributed by atoms with Crippen molar-refractivity contribution >= 4 is 22.9 Å². The number of hydrogen-bond acceptors (Lipinski definition) is 5. The summed E-state index contributed by atoms with van der Waals surface area (Å²) in [5.74, 6) is 0.272. The Bertz CT molecular complexity index is 1010. The van der Waals surface area contributed by atoms with Crippen LogP contribution in [-0.4, -0.2) is 15.3 Å². The van der Waals surface area contributed by atoms with E-state index in [1.54, 1.807) is 10.6 Å². The summed E-state index contributed by atoms with van der Waals surface area (Å²) in [4.78, 5) is 16.5. The van der Waals surface area contributed by atoms with Gasteiger partial charge in [-0.1, -0.05) is 12.1 Å². The van der Waals surface area contributed by atoms with E-state index in [2.05, 4.69) is 11.1 Å². The van der Waals surface area contributed by atoms with Crippen molar-refractivity contribution in [3.8, 4) is 6.07 Å². The van der Waals surface area contributed by atoms with E-state index in [4.69, 9.17) is 4.42 Å². The molecule has 0 bridgehead atoms. The molecule has 0 spiro atoms. The van der Waals surface area contributed by atoms with E-state index in [1.807, 2.05) is 39.0 Å². The smallest absolute Gasteiger partial charge is 0.408 e. The van der Waals surface area contributed by atoms with Gasteiger partial charge in [-0.15, -0.1) is 11.8 Å². The molecular weight excluding hydrogens is 322 g/mol. The van der Waals surface area contributed by atoms with Crippen LogP contribution >= 0.6 is 11.8 Å². The zero-order valence-electron chi connectivity index (χ0n) is 13.8. The minimum atomic E-state index is -0.360. The number of aromatic nitrogens is 2. The summed E-state index contributed by atoms with van der Waals surface area (Å²) in [5, 5.41) is 10.1. The number of thioether (sulfide) groups is 1. The fourth-order valence-corrected chi connectivity index (χ4v) is 3.62. The highest BCUT2D eigenvalue weighted by Gasteiger charge is 2.14. The third-order valence-electron chi connectivity index (χ3n) is 4.20. The number of hydrogen-bond donors (Lipinski definition) is 0. The summed E-state index contributed by atoms with van der Waals surface area (Å²) in [5.41, 5.74) is 4.94. The standard InChI is InChI=1S/C18H17N3O2S/c1-11-12(2)14(10-19)17(20-13(11)3)24-9-8-21-15-6-4-5-7-16(15)23-18(21)22/h4-7H,8-9H2,1-3H3. The molecule has 0 atom stereocenters. The van der Waals surface area contributed by atoms with Crippen LogP contribution in [-0.2, 0) is 6.54 Å². The summed E-state index contributed by atoms with van der Waals surface area (Å²) in [6.45, 7) is 6.37. The van der Waals surface area contributed by atoms with Crippen LogP contribution in [0.4, 0.5) is 0 Å². The summed E-state index contributed by atoms with van der Waals surface area (Å²) >= 11 is 1.49. The predicted octanol–water partition coefficient (Wildman–Crippen LogP) is 3.58. The number of fused-ring (bicyclic) bond motifs is 1. The molecule has 3 rings (SSSR count). The molecule has 5 nitrogen and oxygen atoms in total. The Hall–Kier alpha value is -2.52. The Morgan fingerprint density at radius 3 is 2.75 bits per heavy atom. The Labute approximate surface area is 143 Å². The van der Waals surface area contributed by atoms with Crippen molar-refractivity contribution in [1.82, 2.24) is 9.55 Å². The van der Waals surface area contributed by atoms with Crippen LogP contribution in [0.25, 0.3) is 11.1 Å². The molecule has 0 unspecified atom stereocenters. The van der Waals surface area contributed by atoms with Gasteiger partial charge in [-0.05, 0) is 44.0 Å². The lowest BCUT2D eigenvalue weighted by atomic mass is 10.1. The molecule has 0 saturated heterocycles. The van der Waals surface area contributed by atoms with E-state index in [9.17, 15) is 10.1 Å². The topological polar surface area (TPSA) is 71.8 Å². The number of rotatable bonds is 4. The molecule has 6 heteroatoms. The van der Waals surface area contributed by atoms with E-state index in [1.165, 1.54) is 11.8 Å². The van der Waals surface area contributed by atoms with Gasteiger partial charge >= 0.3 is 5.76 Å². The maximum absolute atomic E-state index is 12.0. The van der Waals surface area contributed by atoms with Crippen molar-refractivity contribution in [3.05, 3.63) is 57.2 Å². The van der Waals surface area contributed by atoms with Crippen molar-refractivity contribution in [2.45, 2.75) is 32.3 Å². The molecule has 1 aromatic carbocycles. The van der Waals surface area contributed by atoms with Crippen molar-refractivity contribution in [3.63, 3.8) is 0 Å². The van der Waals surface area contributed by atoms with E-state index >= 15 is 0 Å². The molecule has 0 fully saturated rings. The van der Waals surface area contributed by atoms with Crippen molar-refractivity contribution in [2.75, 3.05) is 5.75 Å². The normalized spacial score (nSPS) is 10.9. The molecule has 2 aromatic heterocycles. The van der Waals surface area contributed by atoms with Crippen molar-refractivity contribution < 1.29 is 4.42 Å². The number of para-hydroxylation sites is 2. The SMILES string of the molecule is Cc1nc(SCCn2c(=O)oc3ccccc32)c(C#N)c(C)c1C. The average Bonchev–Trinajstić information content (AvgIpc) is 2.89. The summed E-state index contributed by atoms with van der Waals surface area (Å²) in [6.07, 6.45) is 0. The monoisotopic (exact) mass is 339 g/mol. The van der Waals surface area contributed by atoms with Crippen molar-refractivity contribution in [2.24, 2.45) is 0 Å². The Morgan fingerprint density at radius 1 is 1.25 bits per heavy atom. The Balaban J connectivity index is 1.83. The lowest BCUT2D eigenvalue weighted by molar-refractivity contribution is 0.514. The van der Waals surface area contributed by atoms with E-state index in [0.29, 0.717) is 23.4 Å². The lowest BCUT2D eigenvalue weighted by Gasteiger charge is -2.11. The zero-order chi connectivity index (χ0) is 17.3. The molecular formula is C18H17N3O2S. The first kappa shape index (κ1) is 16.3. The van der Waals surface area contributed by atoms with Crippen LogP contribution in [0.2, 0.25) is 0 Å². The number of oxazole rings is 1. The van der Waals surface area contributed by atoms with Gasteiger partial charge in [0, 0.05) is 18.0 Å². The molecule has 122 valence electrons. The molecule has 0 aliphatic carbocycles. The van der Waals surface area contributed by atoms with E-state index < -0.39 is 0 Å². The number of pyridine rings is 1. The van der Waals surface area contributed by atoms with Gasteiger partial charge in [0.2, 0.25) is 0 Å². The first-order valence-corrected chi connectivity index (χ1v) is 8.60. The average molecular weight is 339 g/mol. The molecule has 0 aliphatic heterocycles. The zero-order valence-corrected chi connectivity index (χ0v) is 14.6. The van der Waals surface area contributed by atoms with Gasteiger partial charge in [-0.2, -0.15) is 5.26 Å². The maximum atomic E-state index is 12.0. The largest absolute Gasteiger partial charge is 0.419 e. The predicted molar refractivity (Wildman–Crippen MR) is 94.4 cm³/mol. The first-order valence-electron chi connectivity index (χ1n) is 7.62. The molecule has 0 amide bonds. The first-order chi connectivity index (χ1) is 11.5. The Morgan fingerprint density at radius 2 is 2.00 bits per heavy atom. The van der Waals surface area contributed by atoms with Gasteiger partial charge in [0.15, 0.2) is 5.58 Å². The van der Waals surface area contributed by atoms with Crippen LogP contribution in [0.5, 0.6) is 0 Å². The second-order valence-corrected chi connectivity index (χ2v) is 6.66. The van der Waals surface area contributed by atoms with Crippen LogP contribution in [0.1, 0.15) is 22.4 Å². The van der Waals surface area contributed by atoms with E-state index in [0.717, 1.165) is 27.4 Å². The maximum Gasteiger partial charge on any atom is 0.419 e. The number of aryl methyl sites for hydroxylation is 2. The van der Waals surface area contributed by atoms with Crippen LogP contribution in [0, 0.1) is 32.1 Å². The molecule has 0 radical (unpaired) electrons. The van der Waals surface area contributed by atoms with Gasteiger partial charge in [-0.3, -0.25) is 4.57 Å². The molecule has 0 saturated carbocycles. The number of nitriles is 1. The van der Waals surface area contributed by atoms with Crippen LogP contribution in [0.15, 0.2) is 38.5 Å². The highest BCUT2D eigenvalue weighted by molar-refractivity contribution is 7.99. The minimum Gasteiger partial charge on any atom is -0.408 e. The van der Waals surface area contributed by atoms with Crippen LogP contribution < -0.4 is 5.76 Å². The third kappa shape index (κ3) is 2.83. The number of nitrogens with zero attached hydrogens (tertiary/aromatic N) is 3. The van der Waals surface area contributed by atoms with Gasteiger partial charge in [0.25, 0.3) is 0 Å². The minimum absolute atomic E-state index is 0.360. The summed E-state index contributed by atoms with van der Waals surface area (Å²) in [7, 11) is 0. The number of benzene rings is 1. The quantitative estimate of drug-likeness (QED) is 0.679. The van der Waals surface area contributed by atoms with Gasteiger partial charge in [0.1, 0.15) is 11.1 Å². The molecule has 0 aliphatic rings. The molecule has 2 heterocycles. The van der Waals surface area contributed by atoms with Gasteiger partial charge in [-0.25, -0.2) is 9.78 Å². The lowest BCUT2D eigenvalue weighted by Crippen LogP contribution is -2.15. The van der Waals surface area contributed by atoms with Gasteiger partial charge < -0.3 is 4.42 Å². The molecule has 3 aromatic rings. The van der Waals surface area contributed by atoms with Gasteiger partial charge in [0.05, 0.1) is 11.1 Å². The highest BCUT2D eigenvalue weighted by atomic mass is 32.2. The van der Waals surface area contributed by atoms with Crippen molar-refractivity contribution in [1.29, 1.82) is 5.26 Å². The Kier molecular flexibility index (Phi) is 4.45.